The number of carbonyl (C=O) groups excluding carboxylic acids is 2. The van der Waals surface area contributed by atoms with Crippen molar-refractivity contribution in [3.05, 3.63) is 0 Å². The summed E-state index contributed by atoms with van der Waals surface area (Å²) in [4.78, 5) is 29.1. The Balaban J connectivity index is 1.74. The van der Waals surface area contributed by atoms with Crippen LogP contribution in [0.4, 0.5) is 4.79 Å². The van der Waals surface area contributed by atoms with E-state index in [0.29, 0.717) is 32.7 Å². The van der Waals surface area contributed by atoms with Crippen LogP contribution in [0.15, 0.2) is 0 Å². The highest BCUT2D eigenvalue weighted by atomic mass is 16.5. The summed E-state index contributed by atoms with van der Waals surface area (Å²) in [6.07, 6.45) is -0.311. The van der Waals surface area contributed by atoms with E-state index < -0.39 is 0 Å². The highest BCUT2D eigenvalue weighted by Gasteiger charge is 2.25. The first-order chi connectivity index (χ1) is 9.20. The molecule has 1 N–H and O–H groups in total. The number of amides is 2. The van der Waals surface area contributed by atoms with Crippen molar-refractivity contribution < 1.29 is 14.3 Å². The lowest BCUT2D eigenvalue weighted by Crippen LogP contribution is -2.54. The molecular formula is C12H22N4O3. The monoisotopic (exact) mass is 270 g/mol. The van der Waals surface area contributed by atoms with Crippen LogP contribution in [0.25, 0.3) is 0 Å². The Labute approximate surface area is 113 Å². The van der Waals surface area contributed by atoms with Crippen LogP contribution in [0.2, 0.25) is 0 Å². The number of nitrogens with one attached hydrogen (secondary N) is 1. The number of methoxy groups -OCH3 is 1. The fourth-order valence-electron chi connectivity index (χ4n) is 2.43. The summed E-state index contributed by atoms with van der Waals surface area (Å²) in [7, 11) is 1.38. The summed E-state index contributed by atoms with van der Waals surface area (Å²) < 4.78 is 4.68. The van der Waals surface area contributed by atoms with E-state index in [0.717, 1.165) is 26.2 Å². The molecule has 0 unspecified atom stereocenters. The van der Waals surface area contributed by atoms with Crippen molar-refractivity contribution in [2.45, 2.75) is 0 Å². The minimum Gasteiger partial charge on any atom is -0.453 e. The smallest absolute Gasteiger partial charge is 0.409 e. The van der Waals surface area contributed by atoms with E-state index in [1.807, 2.05) is 4.90 Å². The van der Waals surface area contributed by atoms with E-state index in [1.54, 1.807) is 4.90 Å². The van der Waals surface area contributed by atoms with Crippen molar-refractivity contribution in [1.29, 1.82) is 0 Å². The average Bonchev–Trinajstić information content (AvgIpc) is 2.47. The Kier molecular flexibility index (Phi) is 4.98. The summed E-state index contributed by atoms with van der Waals surface area (Å²) >= 11 is 0. The molecule has 0 aliphatic carbocycles. The van der Waals surface area contributed by atoms with Crippen molar-refractivity contribution in [2.24, 2.45) is 0 Å². The van der Waals surface area contributed by atoms with Gasteiger partial charge in [0.25, 0.3) is 0 Å². The zero-order valence-corrected chi connectivity index (χ0v) is 11.4. The minimum atomic E-state index is -0.311. The van der Waals surface area contributed by atoms with Crippen LogP contribution in [0, 0.1) is 0 Å². The number of hydrogen-bond donors (Lipinski definition) is 1. The van der Waals surface area contributed by atoms with Crippen molar-refractivity contribution in [3.63, 3.8) is 0 Å². The van der Waals surface area contributed by atoms with E-state index in [9.17, 15) is 9.59 Å². The van der Waals surface area contributed by atoms with Crippen molar-refractivity contribution in [2.75, 3.05) is 66.0 Å². The molecular weight excluding hydrogens is 248 g/mol. The topological polar surface area (TPSA) is 65.1 Å². The maximum atomic E-state index is 12.1. The standard InChI is InChI=1S/C12H22N4O3/c1-19-12(18)16-8-6-15(7-9-16)11(17)10-14-4-2-13-3-5-14/h13H,2-10H2,1H3. The zero-order valence-electron chi connectivity index (χ0n) is 11.4. The first kappa shape index (κ1) is 14.1. The fourth-order valence-corrected chi connectivity index (χ4v) is 2.43. The van der Waals surface area contributed by atoms with Gasteiger partial charge < -0.3 is 19.9 Å². The molecule has 19 heavy (non-hydrogen) atoms. The Bertz CT molecular complexity index is 323. The molecule has 0 bridgehead atoms. The highest BCUT2D eigenvalue weighted by Crippen LogP contribution is 2.05. The number of ether oxygens (including phenoxy) is 1. The molecule has 0 aromatic heterocycles. The summed E-state index contributed by atoms with van der Waals surface area (Å²) in [6, 6.07) is 0. The predicted molar refractivity (Wildman–Crippen MR) is 69.9 cm³/mol. The second-order valence-corrected chi connectivity index (χ2v) is 4.86. The molecule has 2 aliphatic heterocycles. The number of hydrogen-bond acceptors (Lipinski definition) is 5. The lowest BCUT2D eigenvalue weighted by atomic mass is 10.3. The largest absolute Gasteiger partial charge is 0.453 e. The van der Waals surface area contributed by atoms with E-state index >= 15 is 0 Å². The Morgan fingerprint density at radius 3 is 2.16 bits per heavy atom. The van der Waals surface area contributed by atoms with Gasteiger partial charge in [-0.25, -0.2) is 4.79 Å². The van der Waals surface area contributed by atoms with Gasteiger partial charge in [0, 0.05) is 52.4 Å². The number of nitrogens with zero attached hydrogens (tertiary/aromatic N) is 3. The van der Waals surface area contributed by atoms with Gasteiger partial charge in [0.05, 0.1) is 13.7 Å². The van der Waals surface area contributed by atoms with Gasteiger partial charge in [-0.05, 0) is 0 Å². The molecule has 7 nitrogen and oxygen atoms in total. The number of rotatable bonds is 2. The summed E-state index contributed by atoms with van der Waals surface area (Å²) in [5, 5.41) is 3.27. The molecule has 0 radical (unpaired) electrons. The first-order valence-corrected chi connectivity index (χ1v) is 6.74. The van der Waals surface area contributed by atoms with Crippen LogP contribution in [0.5, 0.6) is 0 Å². The number of piperazine rings is 2. The molecule has 2 rings (SSSR count). The van der Waals surface area contributed by atoms with E-state index in [2.05, 4.69) is 15.0 Å². The van der Waals surface area contributed by atoms with Crippen LogP contribution in [-0.4, -0.2) is 92.7 Å². The predicted octanol–water partition coefficient (Wildman–Crippen LogP) is -1.20. The minimum absolute atomic E-state index is 0.159. The van der Waals surface area contributed by atoms with E-state index in [-0.39, 0.29) is 12.0 Å². The summed E-state index contributed by atoms with van der Waals surface area (Å²) in [5.74, 6) is 0.159. The molecule has 2 fully saturated rings. The molecule has 0 atom stereocenters. The van der Waals surface area contributed by atoms with Crippen LogP contribution < -0.4 is 5.32 Å². The summed E-state index contributed by atoms with van der Waals surface area (Å²) in [5.41, 5.74) is 0. The Hall–Kier alpha value is -1.34. The van der Waals surface area contributed by atoms with Crippen LogP contribution in [0.1, 0.15) is 0 Å². The van der Waals surface area contributed by atoms with Crippen LogP contribution in [-0.2, 0) is 9.53 Å². The normalized spacial score (nSPS) is 21.3. The fraction of sp³-hybridized carbons (Fsp3) is 0.833. The lowest BCUT2D eigenvalue weighted by molar-refractivity contribution is -0.134. The maximum Gasteiger partial charge on any atom is 0.409 e. The molecule has 2 heterocycles. The van der Waals surface area contributed by atoms with Gasteiger partial charge >= 0.3 is 6.09 Å². The third-order valence-corrected chi connectivity index (χ3v) is 3.63. The van der Waals surface area contributed by atoms with Gasteiger partial charge in [-0.1, -0.05) is 0 Å². The quantitative estimate of drug-likeness (QED) is 0.683. The molecule has 2 aliphatic rings. The third-order valence-electron chi connectivity index (χ3n) is 3.63. The molecule has 0 aromatic carbocycles. The molecule has 0 aromatic rings. The van der Waals surface area contributed by atoms with Gasteiger partial charge in [-0.2, -0.15) is 0 Å². The average molecular weight is 270 g/mol. The third kappa shape index (κ3) is 3.81. The van der Waals surface area contributed by atoms with E-state index in [4.69, 9.17) is 0 Å². The highest BCUT2D eigenvalue weighted by molar-refractivity contribution is 5.78. The van der Waals surface area contributed by atoms with Crippen LogP contribution in [0.3, 0.4) is 0 Å². The summed E-state index contributed by atoms with van der Waals surface area (Å²) in [6.45, 7) is 6.54. The zero-order chi connectivity index (χ0) is 13.7. The van der Waals surface area contributed by atoms with Gasteiger partial charge in [0.2, 0.25) is 5.91 Å². The second-order valence-electron chi connectivity index (χ2n) is 4.86. The molecule has 0 saturated carbocycles. The SMILES string of the molecule is COC(=O)N1CCN(C(=O)CN2CCNCC2)CC1. The molecule has 108 valence electrons. The van der Waals surface area contributed by atoms with Gasteiger partial charge in [-0.15, -0.1) is 0 Å². The van der Waals surface area contributed by atoms with Crippen molar-refractivity contribution >= 4 is 12.0 Å². The second kappa shape index (κ2) is 6.72. The van der Waals surface area contributed by atoms with Crippen LogP contribution >= 0.6 is 0 Å². The molecule has 2 amide bonds. The molecule has 2 saturated heterocycles. The van der Waals surface area contributed by atoms with E-state index in [1.165, 1.54) is 7.11 Å². The molecule has 7 heteroatoms. The maximum absolute atomic E-state index is 12.1. The first-order valence-electron chi connectivity index (χ1n) is 6.74. The lowest BCUT2D eigenvalue weighted by Gasteiger charge is -2.35. The van der Waals surface area contributed by atoms with Gasteiger partial charge in [0.15, 0.2) is 0 Å². The van der Waals surface area contributed by atoms with Crippen molar-refractivity contribution in [3.8, 4) is 0 Å². The van der Waals surface area contributed by atoms with Crippen molar-refractivity contribution in [1.82, 2.24) is 20.0 Å². The molecule has 0 spiro atoms. The Morgan fingerprint density at radius 1 is 1.00 bits per heavy atom. The number of carbonyl (C=O) groups is 2. The van der Waals surface area contributed by atoms with Gasteiger partial charge in [0.1, 0.15) is 0 Å². The Morgan fingerprint density at radius 2 is 1.58 bits per heavy atom. The van der Waals surface area contributed by atoms with Gasteiger partial charge in [-0.3, -0.25) is 9.69 Å².